The highest BCUT2D eigenvalue weighted by Gasteiger charge is 2.26. The maximum Gasteiger partial charge on any atom is 0.150 e. The quantitative estimate of drug-likeness (QED) is 0.664. The minimum atomic E-state index is -2.80. The van der Waals surface area contributed by atoms with Crippen LogP contribution in [0.1, 0.15) is 58.8 Å². The maximum absolute atomic E-state index is 11.8. The Morgan fingerprint density at radius 2 is 1.68 bits per heavy atom. The van der Waals surface area contributed by atoms with Crippen molar-refractivity contribution < 1.29 is 8.42 Å². The molecule has 0 aromatic heterocycles. The second-order valence-electron chi connectivity index (χ2n) is 5.95. The molecule has 114 valence electrons. The molecule has 1 N–H and O–H groups in total. The number of nitrogens with one attached hydrogen (secondary N) is 1. The summed E-state index contributed by atoms with van der Waals surface area (Å²) in [6.45, 7) is 6.28. The van der Waals surface area contributed by atoms with E-state index in [9.17, 15) is 8.42 Å². The molecule has 0 saturated heterocycles. The van der Waals surface area contributed by atoms with Crippen LogP contribution < -0.4 is 5.32 Å². The van der Waals surface area contributed by atoms with Gasteiger partial charge < -0.3 is 5.32 Å². The lowest BCUT2D eigenvalue weighted by atomic mass is 9.78. The molecular formula is C15H31NO2S. The van der Waals surface area contributed by atoms with Crippen LogP contribution >= 0.6 is 0 Å². The molecule has 0 aromatic rings. The van der Waals surface area contributed by atoms with E-state index in [1.54, 1.807) is 0 Å². The first-order chi connectivity index (χ1) is 9.09. The second-order valence-corrected chi connectivity index (χ2v) is 8.25. The summed E-state index contributed by atoms with van der Waals surface area (Å²) in [6, 6.07) is 0. The zero-order valence-corrected chi connectivity index (χ0v) is 13.5. The van der Waals surface area contributed by atoms with E-state index in [1.165, 1.54) is 32.1 Å². The third-order valence-electron chi connectivity index (χ3n) is 4.21. The molecule has 0 aliphatic heterocycles. The lowest BCUT2D eigenvalue weighted by Gasteiger charge is -2.31. The van der Waals surface area contributed by atoms with Gasteiger partial charge in [-0.05, 0) is 50.6 Å². The summed E-state index contributed by atoms with van der Waals surface area (Å²) in [4.78, 5) is 0. The van der Waals surface area contributed by atoms with E-state index in [1.807, 2.05) is 6.92 Å². The van der Waals surface area contributed by atoms with Gasteiger partial charge in [0.2, 0.25) is 0 Å². The van der Waals surface area contributed by atoms with Crippen molar-refractivity contribution in [2.75, 3.05) is 24.6 Å². The van der Waals surface area contributed by atoms with Crippen LogP contribution in [0, 0.1) is 11.8 Å². The smallest absolute Gasteiger partial charge is 0.150 e. The summed E-state index contributed by atoms with van der Waals surface area (Å²) in [5, 5.41) is 3.51. The van der Waals surface area contributed by atoms with E-state index >= 15 is 0 Å². The van der Waals surface area contributed by atoms with Gasteiger partial charge in [0, 0.05) is 5.75 Å². The van der Waals surface area contributed by atoms with E-state index in [-0.39, 0.29) is 0 Å². The molecule has 0 heterocycles. The Morgan fingerprint density at radius 3 is 2.32 bits per heavy atom. The molecule has 0 amide bonds. The molecule has 1 aliphatic carbocycles. The van der Waals surface area contributed by atoms with Gasteiger partial charge >= 0.3 is 0 Å². The van der Waals surface area contributed by atoms with Crippen LogP contribution in [0.25, 0.3) is 0 Å². The van der Waals surface area contributed by atoms with Crippen LogP contribution in [-0.4, -0.2) is 33.0 Å². The van der Waals surface area contributed by atoms with Crippen molar-refractivity contribution in [2.24, 2.45) is 11.8 Å². The maximum atomic E-state index is 11.8. The van der Waals surface area contributed by atoms with Gasteiger partial charge in [0.15, 0.2) is 0 Å². The highest BCUT2D eigenvalue weighted by molar-refractivity contribution is 7.91. The number of sulfone groups is 1. The molecule has 1 saturated carbocycles. The van der Waals surface area contributed by atoms with Gasteiger partial charge in [-0.3, -0.25) is 0 Å². The first-order valence-electron chi connectivity index (χ1n) is 8.00. The number of rotatable bonds is 9. The number of hydrogen-bond acceptors (Lipinski definition) is 3. The molecule has 0 spiro atoms. The molecule has 3 nitrogen and oxygen atoms in total. The Labute approximate surface area is 119 Å². The second kappa shape index (κ2) is 8.96. The zero-order chi connectivity index (χ0) is 14.1. The minimum Gasteiger partial charge on any atom is -0.316 e. The summed E-state index contributed by atoms with van der Waals surface area (Å²) in [6.07, 6.45) is 7.88. The van der Waals surface area contributed by atoms with Crippen LogP contribution in [0.4, 0.5) is 0 Å². The summed E-state index contributed by atoms with van der Waals surface area (Å²) in [5.74, 6) is 2.07. The van der Waals surface area contributed by atoms with Crippen molar-refractivity contribution in [1.29, 1.82) is 0 Å². The Kier molecular flexibility index (Phi) is 8.00. The zero-order valence-electron chi connectivity index (χ0n) is 12.7. The largest absolute Gasteiger partial charge is 0.316 e. The first kappa shape index (κ1) is 17.0. The molecule has 2 atom stereocenters. The molecule has 0 bridgehead atoms. The van der Waals surface area contributed by atoms with Crippen molar-refractivity contribution >= 4 is 9.84 Å². The fraction of sp³-hybridized carbons (Fsp3) is 1.00. The lowest BCUT2D eigenvalue weighted by Crippen LogP contribution is -2.32. The van der Waals surface area contributed by atoms with Crippen molar-refractivity contribution in [2.45, 2.75) is 58.8 Å². The predicted octanol–water partition coefficient (Wildman–Crippen LogP) is 3.01. The highest BCUT2D eigenvalue weighted by atomic mass is 32.2. The Bertz CT molecular complexity index is 327. The fourth-order valence-corrected chi connectivity index (χ4v) is 4.63. The molecule has 0 radical (unpaired) electrons. The van der Waals surface area contributed by atoms with Gasteiger partial charge in [0.05, 0.1) is 5.75 Å². The topological polar surface area (TPSA) is 46.2 Å². The molecule has 1 fully saturated rings. The average Bonchev–Trinajstić information content (AvgIpc) is 2.38. The van der Waals surface area contributed by atoms with E-state index in [4.69, 9.17) is 0 Å². The summed E-state index contributed by atoms with van der Waals surface area (Å²) < 4.78 is 23.6. The molecule has 0 aromatic carbocycles. The Balaban J connectivity index is 2.39. The first-order valence-corrected chi connectivity index (χ1v) is 9.82. The Morgan fingerprint density at radius 1 is 1.00 bits per heavy atom. The van der Waals surface area contributed by atoms with Crippen LogP contribution in [-0.2, 0) is 9.84 Å². The van der Waals surface area contributed by atoms with Gasteiger partial charge in [-0.2, -0.15) is 0 Å². The van der Waals surface area contributed by atoms with Gasteiger partial charge in [0.1, 0.15) is 9.84 Å². The summed E-state index contributed by atoms with van der Waals surface area (Å²) in [7, 11) is -2.80. The predicted molar refractivity (Wildman–Crippen MR) is 82.2 cm³/mol. The van der Waals surface area contributed by atoms with Crippen LogP contribution in [0.5, 0.6) is 0 Å². The van der Waals surface area contributed by atoms with Crippen molar-refractivity contribution in [1.82, 2.24) is 5.32 Å². The number of hydrogen-bond donors (Lipinski definition) is 1. The van der Waals surface area contributed by atoms with Gasteiger partial charge in [0.25, 0.3) is 0 Å². The normalized spacial score (nSPS) is 24.5. The molecule has 2 unspecified atom stereocenters. The summed E-state index contributed by atoms with van der Waals surface area (Å²) >= 11 is 0. The Hall–Kier alpha value is -0.0900. The van der Waals surface area contributed by atoms with E-state index < -0.39 is 9.84 Å². The third-order valence-corrected chi connectivity index (χ3v) is 6.10. The van der Waals surface area contributed by atoms with Crippen LogP contribution in [0.3, 0.4) is 0 Å². The highest BCUT2D eigenvalue weighted by Crippen LogP contribution is 2.32. The molecule has 1 rings (SSSR count). The lowest BCUT2D eigenvalue weighted by molar-refractivity contribution is 0.225. The van der Waals surface area contributed by atoms with Gasteiger partial charge in [-0.25, -0.2) is 8.42 Å². The molecule has 4 heteroatoms. The summed E-state index contributed by atoms with van der Waals surface area (Å²) in [5.41, 5.74) is 0. The molecule has 1 aliphatic rings. The van der Waals surface area contributed by atoms with Crippen LogP contribution in [0.15, 0.2) is 0 Å². The van der Waals surface area contributed by atoms with E-state index in [2.05, 4.69) is 12.2 Å². The van der Waals surface area contributed by atoms with Gasteiger partial charge in [-0.15, -0.1) is 0 Å². The van der Waals surface area contributed by atoms with Crippen LogP contribution in [0.2, 0.25) is 0 Å². The molecular weight excluding hydrogens is 258 g/mol. The monoisotopic (exact) mass is 289 g/mol. The minimum absolute atomic E-state index is 0.360. The van der Waals surface area contributed by atoms with Gasteiger partial charge in [-0.1, -0.05) is 33.1 Å². The SMILES string of the molecule is CCCNCC1CCCCC1CCS(=O)(=O)CCC. The van der Waals surface area contributed by atoms with Crippen molar-refractivity contribution in [3.8, 4) is 0 Å². The van der Waals surface area contributed by atoms with Crippen molar-refractivity contribution in [3.05, 3.63) is 0 Å². The van der Waals surface area contributed by atoms with Crippen molar-refractivity contribution in [3.63, 3.8) is 0 Å². The standard InChI is InChI=1S/C15H31NO2S/c1-3-10-16-13-15-8-6-5-7-14(15)9-12-19(17,18)11-4-2/h14-16H,3-13H2,1-2H3. The molecule has 19 heavy (non-hydrogen) atoms. The van der Waals surface area contributed by atoms with E-state index in [0.29, 0.717) is 23.3 Å². The fourth-order valence-electron chi connectivity index (χ4n) is 3.14. The average molecular weight is 289 g/mol. The third kappa shape index (κ3) is 6.75. The van der Waals surface area contributed by atoms with E-state index in [0.717, 1.165) is 25.9 Å².